The van der Waals surface area contributed by atoms with Crippen LogP contribution in [-0.2, 0) is 17.5 Å². The summed E-state index contributed by atoms with van der Waals surface area (Å²) in [5.74, 6) is -0.349. The van der Waals surface area contributed by atoms with Crippen LogP contribution >= 0.6 is 23.2 Å². The van der Waals surface area contributed by atoms with Crippen molar-refractivity contribution in [2.24, 2.45) is 10.9 Å². The monoisotopic (exact) mass is 682 g/mol. The SMILES string of the molecule is O=C(NCc1ccc(Cl)c(Cl)c1)C1CC(CNC2=NCCC2)CC(c2ccc(F)cc2C(F)(F)F)N1C1CCCCCCCCC1. The number of rotatable bonds is 7. The number of aliphatic imine (C=N–C) groups is 1. The van der Waals surface area contributed by atoms with E-state index in [0.717, 1.165) is 88.2 Å². The van der Waals surface area contributed by atoms with Gasteiger partial charge in [0, 0.05) is 38.1 Å². The molecule has 1 saturated heterocycles. The molecule has 3 unspecified atom stereocenters. The van der Waals surface area contributed by atoms with Gasteiger partial charge in [0.25, 0.3) is 0 Å². The van der Waals surface area contributed by atoms with Crippen LogP contribution in [0.1, 0.15) is 106 Å². The average Bonchev–Trinajstić information content (AvgIpc) is 3.56. The number of nitrogens with one attached hydrogen (secondary N) is 2. The van der Waals surface area contributed by atoms with E-state index in [4.69, 9.17) is 23.2 Å². The molecule has 3 aliphatic rings. The van der Waals surface area contributed by atoms with E-state index in [1.807, 2.05) is 0 Å². The van der Waals surface area contributed by atoms with Crippen molar-refractivity contribution in [3.05, 3.63) is 69.0 Å². The number of hydrogen-bond acceptors (Lipinski definition) is 4. The van der Waals surface area contributed by atoms with Gasteiger partial charge in [-0.05, 0) is 73.4 Å². The molecular weight excluding hydrogens is 639 g/mol. The summed E-state index contributed by atoms with van der Waals surface area (Å²) in [5, 5.41) is 7.29. The van der Waals surface area contributed by atoms with Crippen molar-refractivity contribution in [3.63, 3.8) is 0 Å². The molecule has 0 bridgehead atoms. The minimum Gasteiger partial charge on any atom is -0.374 e. The first-order valence-corrected chi connectivity index (χ1v) is 17.5. The van der Waals surface area contributed by atoms with Gasteiger partial charge in [-0.15, -0.1) is 0 Å². The van der Waals surface area contributed by atoms with E-state index in [1.54, 1.807) is 18.2 Å². The lowest BCUT2D eigenvalue weighted by Crippen LogP contribution is -2.57. The van der Waals surface area contributed by atoms with Crippen LogP contribution in [0, 0.1) is 11.7 Å². The van der Waals surface area contributed by atoms with Gasteiger partial charge in [-0.1, -0.05) is 80.3 Å². The van der Waals surface area contributed by atoms with Crippen LogP contribution in [-0.4, -0.2) is 41.8 Å². The molecule has 0 aromatic heterocycles. The second-order valence-corrected chi connectivity index (χ2v) is 13.8. The van der Waals surface area contributed by atoms with Crippen molar-refractivity contribution in [1.82, 2.24) is 15.5 Å². The van der Waals surface area contributed by atoms with Crippen LogP contribution in [0.3, 0.4) is 0 Å². The average molecular weight is 684 g/mol. The highest BCUT2D eigenvalue weighted by Gasteiger charge is 2.46. The van der Waals surface area contributed by atoms with Crippen LogP contribution < -0.4 is 10.6 Å². The minimum atomic E-state index is -4.74. The maximum atomic E-state index is 14.5. The summed E-state index contributed by atoms with van der Waals surface area (Å²) in [6, 6.07) is 6.72. The number of piperidine rings is 1. The van der Waals surface area contributed by atoms with Crippen molar-refractivity contribution in [2.45, 2.75) is 114 Å². The van der Waals surface area contributed by atoms with E-state index in [-0.39, 0.29) is 30.0 Å². The van der Waals surface area contributed by atoms with Gasteiger partial charge in [-0.3, -0.25) is 14.7 Å². The van der Waals surface area contributed by atoms with Gasteiger partial charge in [0.15, 0.2) is 0 Å². The predicted octanol–water partition coefficient (Wildman–Crippen LogP) is 9.26. The number of benzene rings is 2. The summed E-state index contributed by atoms with van der Waals surface area (Å²) in [4.78, 5) is 20.8. The lowest BCUT2D eigenvalue weighted by Gasteiger charge is -2.49. The Balaban J connectivity index is 1.52. The maximum absolute atomic E-state index is 14.5. The molecule has 1 aliphatic carbocycles. The van der Waals surface area contributed by atoms with E-state index >= 15 is 0 Å². The molecule has 46 heavy (non-hydrogen) atoms. The molecular formula is C35H44Cl2F4N4O. The van der Waals surface area contributed by atoms with Crippen LogP contribution in [0.25, 0.3) is 0 Å². The molecule has 2 N–H and O–H groups in total. The summed E-state index contributed by atoms with van der Waals surface area (Å²) < 4.78 is 57.9. The number of carbonyl (C=O) groups excluding carboxylic acids is 1. The fourth-order valence-electron chi connectivity index (χ4n) is 7.45. The van der Waals surface area contributed by atoms with E-state index in [2.05, 4.69) is 20.5 Å². The number of likely N-dealkylation sites (tertiary alicyclic amines) is 1. The van der Waals surface area contributed by atoms with E-state index < -0.39 is 29.6 Å². The zero-order valence-corrected chi connectivity index (χ0v) is 27.7. The van der Waals surface area contributed by atoms with Crippen molar-refractivity contribution in [3.8, 4) is 0 Å². The predicted molar refractivity (Wildman–Crippen MR) is 176 cm³/mol. The summed E-state index contributed by atoms with van der Waals surface area (Å²) in [6.45, 7) is 1.47. The molecule has 2 aromatic rings. The highest BCUT2D eigenvalue weighted by Crippen LogP contribution is 2.45. The molecule has 5 nitrogen and oxygen atoms in total. The van der Waals surface area contributed by atoms with Crippen LogP contribution in [0.2, 0.25) is 10.0 Å². The third-order valence-corrected chi connectivity index (χ3v) is 10.5. The first-order valence-electron chi connectivity index (χ1n) is 16.7. The normalized spacial score (nSPS) is 24.0. The largest absolute Gasteiger partial charge is 0.416 e. The minimum absolute atomic E-state index is 0.0381. The summed E-state index contributed by atoms with van der Waals surface area (Å²) in [5.41, 5.74) is -0.155. The molecule has 2 heterocycles. The Labute approximate surface area is 279 Å². The Bertz CT molecular complexity index is 1360. The van der Waals surface area contributed by atoms with Crippen LogP contribution in [0.15, 0.2) is 41.4 Å². The van der Waals surface area contributed by atoms with Crippen LogP contribution in [0.5, 0.6) is 0 Å². The van der Waals surface area contributed by atoms with Gasteiger partial charge < -0.3 is 10.6 Å². The molecule has 11 heteroatoms. The molecule has 1 saturated carbocycles. The number of halogens is 6. The number of hydrogen-bond donors (Lipinski definition) is 2. The number of nitrogens with zero attached hydrogens (tertiary/aromatic N) is 2. The van der Waals surface area contributed by atoms with Gasteiger partial charge in [0.1, 0.15) is 5.82 Å². The molecule has 3 atom stereocenters. The molecule has 252 valence electrons. The third kappa shape index (κ3) is 9.16. The number of carbonyl (C=O) groups is 1. The Morgan fingerprint density at radius 2 is 1.63 bits per heavy atom. The summed E-state index contributed by atoms with van der Waals surface area (Å²) in [7, 11) is 0. The van der Waals surface area contributed by atoms with Gasteiger partial charge in [-0.2, -0.15) is 13.2 Å². The van der Waals surface area contributed by atoms with E-state index in [1.165, 1.54) is 12.5 Å². The molecule has 2 aromatic carbocycles. The first-order chi connectivity index (χ1) is 22.1. The van der Waals surface area contributed by atoms with E-state index in [0.29, 0.717) is 35.5 Å². The van der Waals surface area contributed by atoms with Crippen LogP contribution in [0.4, 0.5) is 17.6 Å². The zero-order valence-electron chi connectivity index (χ0n) is 26.2. The van der Waals surface area contributed by atoms with Gasteiger partial charge >= 0.3 is 6.18 Å². The standard InChI is InChI=1S/C35H44Cl2F4N4O/c36-29-15-12-23(17-30(29)37)21-44-34(46)32-19-24(22-43-33-11-8-16-42-33)18-31(27-14-13-25(38)20-28(27)35(39,40)41)45(32)26-9-6-4-2-1-3-5-7-10-26/h12-15,17,20,24,26,31-32H,1-11,16,18-19,21-22H2,(H,42,43)(H,44,46). The quantitative estimate of drug-likeness (QED) is 0.286. The zero-order chi connectivity index (χ0) is 32.7. The first kappa shape index (κ1) is 35.0. The van der Waals surface area contributed by atoms with E-state index in [9.17, 15) is 22.4 Å². The lowest BCUT2D eigenvalue weighted by molar-refractivity contribution is -0.140. The molecule has 0 radical (unpaired) electrons. The number of amides is 1. The highest BCUT2D eigenvalue weighted by molar-refractivity contribution is 6.42. The second-order valence-electron chi connectivity index (χ2n) is 13.0. The molecule has 2 aliphatic heterocycles. The second kappa shape index (κ2) is 16.2. The Hall–Kier alpha value is -2.36. The van der Waals surface area contributed by atoms with Gasteiger partial charge in [0.2, 0.25) is 5.91 Å². The van der Waals surface area contributed by atoms with Crippen molar-refractivity contribution < 1.29 is 22.4 Å². The maximum Gasteiger partial charge on any atom is 0.416 e. The lowest BCUT2D eigenvalue weighted by atomic mass is 9.79. The van der Waals surface area contributed by atoms with Gasteiger partial charge in [-0.25, -0.2) is 4.39 Å². The molecule has 2 fully saturated rings. The Kier molecular flexibility index (Phi) is 12.3. The Morgan fingerprint density at radius 3 is 2.28 bits per heavy atom. The van der Waals surface area contributed by atoms with Crippen molar-refractivity contribution in [2.75, 3.05) is 13.1 Å². The highest BCUT2D eigenvalue weighted by atomic mass is 35.5. The van der Waals surface area contributed by atoms with Gasteiger partial charge in [0.05, 0.1) is 27.5 Å². The Morgan fingerprint density at radius 1 is 0.913 bits per heavy atom. The van der Waals surface area contributed by atoms with Crippen molar-refractivity contribution in [1.29, 1.82) is 0 Å². The molecule has 1 amide bonds. The molecule has 0 spiro atoms. The molecule has 5 rings (SSSR count). The third-order valence-electron chi connectivity index (χ3n) is 9.73. The van der Waals surface area contributed by atoms with Crippen molar-refractivity contribution >= 4 is 34.9 Å². The topological polar surface area (TPSA) is 56.7 Å². The fourth-order valence-corrected chi connectivity index (χ4v) is 7.77. The smallest absolute Gasteiger partial charge is 0.374 e. The summed E-state index contributed by atoms with van der Waals surface area (Å²) >= 11 is 12.3. The number of amidine groups is 1. The summed E-state index contributed by atoms with van der Waals surface area (Å²) in [6.07, 6.45) is 7.06. The number of alkyl halides is 3. The fraction of sp³-hybridized carbons (Fsp3) is 0.600.